The number of ether oxygens (including phenoxy) is 1. The predicted octanol–water partition coefficient (Wildman–Crippen LogP) is 2.75. The Morgan fingerprint density at radius 1 is 1.03 bits per heavy atom. The molecule has 3 heterocycles. The van der Waals surface area contributed by atoms with Crippen LogP contribution < -0.4 is 4.90 Å². The summed E-state index contributed by atoms with van der Waals surface area (Å²) in [6.07, 6.45) is 7.49. The van der Waals surface area contributed by atoms with Gasteiger partial charge in [0.05, 0.1) is 13.2 Å². The van der Waals surface area contributed by atoms with E-state index in [9.17, 15) is 4.79 Å². The molecule has 1 spiro atoms. The number of carbonyl (C=O) groups is 1. The van der Waals surface area contributed by atoms with Crippen molar-refractivity contribution in [3.8, 4) is 0 Å². The summed E-state index contributed by atoms with van der Waals surface area (Å²) in [5.41, 5.74) is 3.03. The molecule has 2 aromatic rings. The Hall–Kier alpha value is -2.47. The molecule has 29 heavy (non-hydrogen) atoms. The molecule has 2 saturated heterocycles. The molecular weight excluding hydrogens is 364 g/mol. The van der Waals surface area contributed by atoms with Gasteiger partial charge in [0.25, 0.3) is 0 Å². The van der Waals surface area contributed by atoms with E-state index in [1.165, 1.54) is 11.1 Å². The maximum absolute atomic E-state index is 12.9. The van der Waals surface area contributed by atoms with Crippen molar-refractivity contribution in [2.45, 2.75) is 37.0 Å². The average molecular weight is 393 g/mol. The third-order valence-corrected chi connectivity index (χ3v) is 6.95. The van der Waals surface area contributed by atoms with E-state index in [4.69, 9.17) is 4.74 Å². The van der Waals surface area contributed by atoms with Crippen molar-refractivity contribution < 1.29 is 9.53 Å². The molecule has 1 aromatic heterocycles. The van der Waals surface area contributed by atoms with Crippen molar-refractivity contribution in [2.24, 2.45) is 0 Å². The maximum atomic E-state index is 12.9. The minimum atomic E-state index is 0.178. The highest BCUT2D eigenvalue weighted by atomic mass is 16.5. The molecule has 1 aliphatic carbocycles. The van der Waals surface area contributed by atoms with Crippen molar-refractivity contribution in [3.63, 3.8) is 0 Å². The lowest BCUT2D eigenvalue weighted by molar-refractivity contribution is -0.135. The van der Waals surface area contributed by atoms with Crippen LogP contribution in [0.2, 0.25) is 0 Å². The van der Waals surface area contributed by atoms with Crippen LogP contribution in [0, 0.1) is 0 Å². The second kappa shape index (κ2) is 7.75. The lowest BCUT2D eigenvalue weighted by atomic mass is 9.73. The lowest BCUT2D eigenvalue weighted by Gasteiger charge is -2.40. The van der Waals surface area contributed by atoms with Gasteiger partial charge in [-0.3, -0.25) is 4.79 Å². The molecule has 152 valence electrons. The zero-order chi connectivity index (χ0) is 19.7. The third kappa shape index (κ3) is 3.50. The molecular formula is C23H28N4O2. The zero-order valence-corrected chi connectivity index (χ0v) is 16.8. The van der Waals surface area contributed by atoms with Gasteiger partial charge >= 0.3 is 0 Å². The predicted molar refractivity (Wildman–Crippen MR) is 111 cm³/mol. The van der Waals surface area contributed by atoms with Crippen LogP contribution in [0.5, 0.6) is 0 Å². The first-order chi connectivity index (χ1) is 14.3. The van der Waals surface area contributed by atoms with Crippen molar-refractivity contribution >= 4 is 11.9 Å². The van der Waals surface area contributed by atoms with Crippen LogP contribution in [0.15, 0.2) is 42.7 Å². The second-order valence-corrected chi connectivity index (χ2v) is 8.50. The van der Waals surface area contributed by atoms with Gasteiger partial charge in [0.15, 0.2) is 0 Å². The molecule has 6 nitrogen and oxygen atoms in total. The first-order valence-corrected chi connectivity index (χ1v) is 10.7. The van der Waals surface area contributed by atoms with E-state index in [0.29, 0.717) is 25.6 Å². The van der Waals surface area contributed by atoms with E-state index < -0.39 is 0 Å². The number of fused-ring (bicyclic) bond motifs is 2. The van der Waals surface area contributed by atoms with Gasteiger partial charge in [0, 0.05) is 45.0 Å². The fourth-order valence-corrected chi connectivity index (χ4v) is 5.43. The molecule has 2 aliphatic heterocycles. The van der Waals surface area contributed by atoms with Crippen molar-refractivity contribution in [1.29, 1.82) is 0 Å². The summed E-state index contributed by atoms with van der Waals surface area (Å²) in [4.78, 5) is 26.0. The quantitative estimate of drug-likeness (QED) is 0.804. The largest absolute Gasteiger partial charge is 0.378 e. The maximum Gasteiger partial charge on any atom is 0.225 e. The number of carbonyl (C=O) groups excluding carboxylic acids is 1. The Labute approximate surface area is 171 Å². The zero-order valence-electron chi connectivity index (χ0n) is 16.8. The highest BCUT2D eigenvalue weighted by Gasteiger charge is 2.46. The van der Waals surface area contributed by atoms with Gasteiger partial charge in [-0.05, 0) is 47.8 Å². The van der Waals surface area contributed by atoms with Crippen LogP contribution in [0.1, 0.15) is 42.7 Å². The average Bonchev–Trinajstić information content (AvgIpc) is 3.08. The molecule has 0 unspecified atom stereocenters. The Morgan fingerprint density at radius 2 is 1.76 bits per heavy atom. The van der Waals surface area contributed by atoms with Crippen LogP contribution in [-0.4, -0.2) is 60.2 Å². The fraction of sp³-hybridized carbons (Fsp3) is 0.522. The van der Waals surface area contributed by atoms with E-state index in [2.05, 4.69) is 39.1 Å². The normalized spacial score (nSPS) is 23.2. The molecule has 5 rings (SSSR count). The molecule has 0 N–H and O–H groups in total. The summed E-state index contributed by atoms with van der Waals surface area (Å²) >= 11 is 0. The van der Waals surface area contributed by atoms with Gasteiger partial charge in [0.2, 0.25) is 11.9 Å². The number of aromatic nitrogens is 2. The Balaban J connectivity index is 1.32. The Kier molecular flexibility index (Phi) is 4.96. The van der Waals surface area contributed by atoms with Gasteiger partial charge in [-0.1, -0.05) is 24.3 Å². The second-order valence-electron chi connectivity index (χ2n) is 8.50. The number of benzene rings is 1. The van der Waals surface area contributed by atoms with Gasteiger partial charge in [-0.2, -0.15) is 0 Å². The SMILES string of the molecule is O=C(C[C@@H]1CC2(CCN(c3ncccn3)CC2)c2ccccc21)N1CCOCC1. The summed E-state index contributed by atoms with van der Waals surface area (Å²) in [7, 11) is 0. The van der Waals surface area contributed by atoms with Crippen molar-refractivity contribution in [1.82, 2.24) is 14.9 Å². The Morgan fingerprint density at radius 3 is 2.52 bits per heavy atom. The van der Waals surface area contributed by atoms with Crippen molar-refractivity contribution in [3.05, 3.63) is 53.9 Å². The van der Waals surface area contributed by atoms with E-state index in [0.717, 1.165) is 51.4 Å². The van der Waals surface area contributed by atoms with Crippen molar-refractivity contribution in [2.75, 3.05) is 44.3 Å². The molecule has 1 amide bonds. The number of hydrogen-bond acceptors (Lipinski definition) is 5. The molecule has 0 radical (unpaired) electrons. The minimum absolute atomic E-state index is 0.178. The number of amides is 1. The summed E-state index contributed by atoms with van der Waals surface area (Å²) in [5.74, 6) is 1.43. The number of anilines is 1. The molecule has 2 fully saturated rings. The van der Waals surface area contributed by atoms with Gasteiger partial charge < -0.3 is 14.5 Å². The number of morpholine rings is 1. The monoisotopic (exact) mass is 392 g/mol. The summed E-state index contributed by atoms with van der Waals surface area (Å²) < 4.78 is 5.40. The minimum Gasteiger partial charge on any atom is -0.378 e. The van der Waals surface area contributed by atoms with Crippen LogP contribution in [0.4, 0.5) is 5.95 Å². The van der Waals surface area contributed by atoms with E-state index in [1.54, 1.807) is 0 Å². The number of nitrogens with zero attached hydrogens (tertiary/aromatic N) is 4. The van der Waals surface area contributed by atoms with Gasteiger partial charge in [0.1, 0.15) is 0 Å². The Bertz CT molecular complexity index is 858. The molecule has 6 heteroatoms. The number of hydrogen-bond donors (Lipinski definition) is 0. The molecule has 1 atom stereocenters. The smallest absolute Gasteiger partial charge is 0.225 e. The highest BCUT2D eigenvalue weighted by Crippen LogP contribution is 2.52. The van der Waals surface area contributed by atoms with Crippen LogP contribution >= 0.6 is 0 Å². The molecule has 0 saturated carbocycles. The van der Waals surface area contributed by atoms with E-state index in [1.807, 2.05) is 23.4 Å². The lowest BCUT2D eigenvalue weighted by Crippen LogP contribution is -2.43. The number of piperidine rings is 1. The van der Waals surface area contributed by atoms with Crippen LogP contribution in [0.25, 0.3) is 0 Å². The van der Waals surface area contributed by atoms with E-state index in [-0.39, 0.29) is 11.3 Å². The summed E-state index contributed by atoms with van der Waals surface area (Å²) in [6.45, 7) is 4.70. The molecule has 1 aromatic carbocycles. The van der Waals surface area contributed by atoms with Gasteiger partial charge in [-0.25, -0.2) is 9.97 Å². The first kappa shape index (κ1) is 18.6. The third-order valence-electron chi connectivity index (χ3n) is 6.95. The first-order valence-electron chi connectivity index (χ1n) is 10.7. The van der Waals surface area contributed by atoms with E-state index >= 15 is 0 Å². The molecule has 3 aliphatic rings. The standard InChI is InChI=1S/C23H28N4O2/c28-21(26-12-14-29-15-13-26)16-18-17-23(20-5-2-1-4-19(18)20)6-10-27(11-7-23)22-24-8-3-9-25-22/h1-5,8-9,18H,6-7,10-17H2/t18-/m1/s1. The number of rotatable bonds is 3. The van der Waals surface area contributed by atoms with Crippen LogP contribution in [-0.2, 0) is 14.9 Å². The van der Waals surface area contributed by atoms with Crippen LogP contribution in [0.3, 0.4) is 0 Å². The summed E-state index contributed by atoms with van der Waals surface area (Å²) in [6, 6.07) is 10.7. The fourth-order valence-electron chi connectivity index (χ4n) is 5.43. The highest BCUT2D eigenvalue weighted by molar-refractivity contribution is 5.77. The van der Waals surface area contributed by atoms with Gasteiger partial charge in [-0.15, -0.1) is 0 Å². The molecule has 0 bridgehead atoms. The summed E-state index contributed by atoms with van der Waals surface area (Å²) in [5, 5.41) is 0. The topological polar surface area (TPSA) is 58.6 Å².